The molecule has 1 unspecified atom stereocenters. The minimum absolute atomic E-state index is 0.113. The van der Waals surface area contributed by atoms with Gasteiger partial charge in [0.2, 0.25) is 5.91 Å². The summed E-state index contributed by atoms with van der Waals surface area (Å²) in [5.41, 5.74) is 0.113. The zero-order valence-corrected chi connectivity index (χ0v) is 12.2. The van der Waals surface area contributed by atoms with E-state index in [1.165, 1.54) is 12.1 Å². The molecule has 0 spiro atoms. The van der Waals surface area contributed by atoms with E-state index in [0.29, 0.717) is 4.90 Å². The normalized spacial score (nSPS) is 12.0. The van der Waals surface area contributed by atoms with E-state index in [-0.39, 0.29) is 5.69 Å². The number of nitrogens with one attached hydrogen (secondary N) is 1. The van der Waals surface area contributed by atoms with Gasteiger partial charge in [0.25, 0.3) is 0 Å². The highest BCUT2D eigenvalue weighted by molar-refractivity contribution is 8.00. The molecule has 7 heteroatoms. The first kappa shape index (κ1) is 16.4. The highest BCUT2D eigenvalue weighted by Crippen LogP contribution is 2.26. The van der Waals surface area contributed by atoms with E-state index in [1.54, 1.807) is 6.92 Å². The van der Waals surface area contributed by atoms with Crippen LogP contribution in [0.4, 0.5) is 23.2 Å². The molecular formula is C15H11F4NOS. The number of anilines is 1. The average Bonchev–Trinajstić information content (AvgIpc) is 2.46. The van der Waals surface area contributed by atoms with Gasteiger partial charge in [-0.2, -0.15) is 0 Å². The molecule has 0 fully saturated rings. The van der Waals surface area contributed by atoms with Gasteiger partial charge in [-0.15, -0.1) is 11.8 Å². The summed E-state index contributed by atoms with van der Waals surface area (Å²) in [6, 6.07) is 6.30. The van der Waals surface area contributed by atoms with Gasteiger partial charge in [-0.25, -0.2) is 17.6 Å². The van der Waals surface area contributed by atoms with Crippen LogP contribution in [-0.4, -0.2) is 11.2 Å². The van der Waals surface area contributed by atoms with Crippen LogP contribution in [0.2, 0.25) is 0 Å². The van der Waals surface area contributed by atoms with E-state index in [4.69, 9.17) is 0 Å². The van der Waals surface area contributed by atoms with Crippen LogP contribution in [0.5, 0.6) is 0 Å². The van der Waals surface area contributed by atoms with E-state index >= 15 is 0 Å². The zero-order chi connectivity index (χ0) is 16.3. The fourth-order valence-electron chi connectivity index (χ4n) is 1.63. The van der Waals surface area contributed by atoms with Crippen LogP contribution in [0.15, 0.2) is 41.3 Å². The van der Waals surface area contributed by atoms with Crippen molar-refractivity contribution < 1.29 is 22.4 Å². The molecule has 2 aromatic rings. The molecule has 22 heavy (non-hydrogen) atoms. The maximum absolute atomic E-state index is 13.1. The van der Waals surface area contributed by atoms with Crippen LogP contribution >= 0.6 is 11.8 Å². The van der Waals surface area contributed by atoms with E-state index in [9.17, 15) is 22.4 Å². The largest absolute Gasteiger partial charge is 0.325 e. The van der Waals surface area contributed by atoms with E-state index in [0.717, 1.165) is 36.0 Å². The lowest BCUT2D eigenvalue weighted by Gasteiger charge is -2.12. The Labute approximate surface area is 128 Å². The van der Waals surface area contributed by atoms with Gasteiger partial charge in [-0.1, -0.05) is 0 Å². The molecule has 0 aliphatic carbocycles. The Morgan fingerprint density at radius 1 is 0.955 bits per heavy atom. The predicted octanol–water partition coefficient (Wildman–Crippen LogP) is 4.36. The molecule has 0 saturated carbocycles. The van der Waals surface area contributed by atoms with E-state index in [2.05, 4.69) is 5.32 Å². The maximum atomic E-state index is 13.1. The number of hydrogen-bond acceptors (Lipinski definition) is 2. The second-order valence-corrected chi connectivity index (χ2v) is 5.87. The molecule has 0 aliphatic rings. The lowest BCUT2D eigenvalue weighted by Crippen LogP contribution is -2.22. The number of amides is 1. The first-order chi connectivity index (χ1) is 10.4. The van der Waals surface area contributed by atoms with Gasteiger partial charge < -0.3 is 5.32 Å². The second-order valence-electron chi connectivity index (χ2n) is 4.45. The van der Waals surface area contributed by atoms with Gasteiger partial charge in [0.1, 0.15) is 0 Å². The van der Waals surface area contributed by atoms with Crippen molar-refractivity contribution in [2.24, 2.45) is 0 Å². The van der Waals surface area contributed by atoms with Gasteiger partial charge in [-0.3, -0.25) is 4.79 Å². The van der Waals surface area contributed by atoms with Crippen molar-refractivity contribution in [3.8, 4) is 0 Å². The van der Waals surface area contributed by atoms with Crippen molar-refractivity contribution in [1.29, 1.82) is 0 Å². The lowest BCUT2D eigenvalue weighted by atomic mass is 10.3. The summed E-state index contributed by atoms with van der Waals surface area (Å²) in [6.07, 6.45) is 0. The predicted molar refractivity (Wildman–Crippen MR) is 76.7 cm³/mol. The molecule has 1 N–H and O–H groups in total. The maximum Gasteiger partial charge on any atom is 0.237 e. The van der Waals surface area contributed by atoms with Crippen LogP contribution in [0.1, 0.15) is 6.92 Å². The molecule has 0 heterocycles. The standard InChI is InChI=1S/C15H11F4NOS/c1-8(22-10-3-5-12(17)14(19)7-10)15(21)20-9-2-4-11(16)13(18)6-9/h2-8H,1H3,(H,20,21). The quantitative estimate of drug-likeness (QED) is 0.667. The van der Waals surface area contributed by atoms with Crippen LogP contribution in [0, 0.1) is 23.3 Å². The Hall–Kier alpha value is -2.02. The average molecular weight is 329 g/mol. The molecule has 1 amide bonds. The third-order valence-corrected chi connectivity index (χ3v) is 3.85. The van der Waals surface area contributed by atoms with Crippen molar-refractivity contribution >= 4 is 23.4 Å². The Balaban J connectivity index is 2.02. The fourth-order valence-corrected chi connectivity index (χ4v) is 2.52. The molecule has 0 radical (unpaired) electrons. The summed E-state index contributed by atoms with van der Waals surface area (Å²) in [5.74, 6) is -4.52. The highest BCUT2D eigenvalue weighted by Gasteiger charge is 2.16. The molecule has 2 nitrogen and oxygen atoms in total. The third-order valence-electron chi connectivity index (χ3n) is 2.76. The molecule has 0 aromatic heterocycles. The highest BCUT2D eigenvalue weighted by atomic mass is 32.2. The number of rotatable bonds is 4. The second kappa shape index (κ2) is 6.83. The van der Waals surface area contributed by atoms with Crippen molar-refractivity contribution in [2.75, 3.05) is 5.32 Å². The molecule has 1 atom stereocenters. The van der Waals surface area contributed by atoms with Crippen molar-refractivity contribution in [3.63, 3.8) is 0 Å². The van der Waals surface area contributed by atoms with E-state index in [1.807, 2.05) is 0 Å². The summed E-state index contributed by atoms with van der Waals surface area (Å²) in [6.45, 7) is 1.56. The summed E-state index contributed by atoms with van der Waals surface area (Å²) in [7, 11) is 0. The number of carbonyl (C=O) groups is 1. The Morgan fingerprint density at radius 2 is 1.55 bits per heavy atom. The number of hydrogen-bond donors (Lipinski definition) is 1. The first-order valence-electron chi connectivity index (χ1n) is 6.24. The summed E-state index contributed by atoms with van der Waals surface area (Å²) in [5, 5.41) is 1.78. The van der Waals surface area contributed by atoms with Crippen LogP contribution < -0.4 is 5.32 Å². The zero-order valence-electron chi connectivity index (χ0n) is 11.4. The first-order valence-corrected chi connectivity index (χ1v) is 7.12. The van der Waals surface area contributed by atoms with Crippen molar-refractivity contribution in [1.82, 2.24) is 0 Å². The Morgan fingerprint density at radius 3 is 2.14 bits per heavy atom. The minimum Gasteiger partial charge on any atom is -0.325 e. The lowest BCUT2D eigenvalue weighted by molar-refractivity contribution is -0.115. The number of halogens is 4. The molecular weight excluding hydrogens is 318 g/mol. The van der Waals surface area contributed by atoms with Gasteiger partial charge in [0, 0.05) is 16.6 Å². The Kier molecular flexibility index (Phi) is 5.07. The summed E-state index contributed by atoms with van der Waals surface area (Å²) in [4.78, 5) is 12.3. The number of thioether (sulfide) groups is 1. The smallest absolute Gasteiger partial charge is 0.237 e. The Bertz CT molecular complexity index is 708. The van der Waals surface area contributed by atoms with Gasteiger partial charge in [0.15, 0.2) is 23.3 Å². The van der Waals surface area contributed by atoms with Gasteiger partial charge >= 0.3 is 0 Å². The molecule has 0 aliphatic heterocycles. The van der Waals surface area contributed by atoms with Crippen LogP contribution in [-0.2, 0) is 4.79 Å². The third kappa shape index (κ3) is 4.00. The van der Waals surface area contributed by atoms with Crippen molar-refractivity contribution in [2.45, 2.75) is 17.1 Å². The van der Waals surface area contributed by atoms with Gasteiger partial charge in [-0.05, 0) is 37.3 Å². The molecule has 2 aromatic carbocycles. The van der Waals surface area contributed by atoms with Gasteiger partial charge in [0.05, 0.1) is 5.25 Å². The molecule has 116 valence electrons. The molecule has 0 bridgehead atoms. The molecule has 0 saturated heterocycles. The molecule has 2 rings (SSSR count). The fraction of sp³-hybridized carbons (Fsp3) is 0.133. The van der Waals surface area contributed by atoms with Crippen LogP contribution in [0.3, 0.4) is 0 Å². The minimum atomic E-state index is -1.07. The summed E-state index contributed by atoms with van der Waals surface area (Å²) < 4.78 is 51.8. The SMILES string of the molecule is CC(Sc1ccc(F)c(F)c1)C(=O)Nc1ccc(F)c(F)c1. The summed E-state index contributed by atoms with van der Waals surface area (Å²) >= 11 is 1.01. The van der Waals surface area contributed by atoms with E-state index < -0.39 is 34.4 Å². The van der Waals surface area contributed by atoms with Crippen molar-refractivity contribution in [3.05, 3.63) is 59.7 Å². The topological polar surface area (TPSA) is 29.1 Å². The number of carbonyl (C=O) groups excluding carboxylic acids is 1. The van der Waals surface area contributed by atoms with Crippen LogP contribution in [0.25, 0.3) is 0 Å². The monoisotopic (exact) mass is 329 g/mol. The number of benzene rings is 2.